The maximum absolute atomic E-state index is 12.5. The van der Waals surface area contributed by atoms with Crippen LogP contribution in [0.5, 0.6) is 0 Å². The predicted molar refractivity (Wildman–Crippen MR) is 123 cm³/mol. The van der Waals surface area contributed by atoms with Gasteiger partial charge in [-0.15, -0.1) is 0 Å². The summed E-state index contributed by atoms with van der Waals surface area (Å²) in [7, 11) is 0. The van der Waals surface area contributed by atoms with Crippen LogP contribution in [0, 0.1) is 18.8 Å². The Morgan fingerprint density at radius 2 is 2.06 bits per heavy atom. The first kappa shape index (κ1) is 21.9. The third-order valence-corrected chi connectivity index (χ3v) is 7.66. The van der Waals surface area contributed by atoms with Crippen molar-refractivity contribution in [3.63, 3.8) is 0 Å². The van der Waals surface area contributed by atoms with E-state index in [9.17, 15) is 9.90 Å². The van der Waals surface area contributed by atoms with E-state index in [1.54, 1.807) is 0 Å². The maximum Gasteiger partial charge on any atom is 0.252 e. The maximum atomic E-state index is 12.5. The zero-order valence-electron chi connectivity index (χ0n) is 19.3. The minimum absolute atomic E-state index is 0.0128. The second-order valence-electron chi connectivity index (χ2n) is 10.3. The Morgan fingerprint density at radius 1 is 1.28 bits per heavy atom. The van der Waals surface area contributed by atoms with Gasteiger partial charge in [0.1, 0.15) is 0 Å². The normalized spacial score (nSPS) is 26.3. The van der Waals surface area contributed by atoms with E-state index in [0.717, 1.165) is 56.7 Å². The van der Waals surface area contributed by atoms with Gasteiger partial charge in [0, 0.05) is 57.4 Å². The molecule has 2 saturated heterocycles. The summed E-state index contributed by atoms with van der Waals surface area (Å²) in [6.07, 6.45) is 6.83. The molecule has 0 unspecified atom stereocenters. The molecule has 1 aliphatic carbocycles. The number of piperidine rings is 1. The fourth-order valence-electron chi connectivity index (χ4n) is 5.57. The monoisotopic (exact) mass is 440 g/mol. The Kier molecular flexibility index (Phi) is 5.99. The van der Waals surface area contributed by atoms with Crippen molar-refractivity contribution in [3.8, 4) is 0 Å². The number of carbonyl (C=O) groups excluding carboxylic acids is 1. The number of pyridine rings is 1. The van der Waals surface area contributed by atoms with Crippen molar-refractivity contribution >= 4 is 11.4 Å². The van der Waals surface area contributed by atoms with Gasteiger partial charge in [-0.25, -0.2) is 4.52 Å². The van der Waals surface area contributed by atoms with E-state index < -0.39 is 5.60 Å². The van der Waals surface area contributed by atoms with Crippen molar-refractivity contribution in [2.75, 3.05) is 39.4 Å². The van der Waals surface area contributed by atoms with Gasteiger partial charge in [0.05, 0.1) is 22.4 Å². The summed E-state index contributed by atoms with van der Waals surface area (Å²) in [5.74, 6) is 1.56. The van der Waals surface area contributed by atoms with Crippen molar-refractivity contribution in [2.24, 2.45) is 11.8 Å². The zero-order valence-corrected chi connectivity index (χ0v) is 19.3. The van der Waals surface area contributed by atoms with Gasteiger partial charge in [-0.1, -0.05) is 6.92 Å². The number of fused-ring (bicyclic) bond motifs is 1. The largest absolute Gasteiger partial charge is 0.388 e. The van der Waals surface area contributed by atoms with Crippen LogP contribution in [-0.4, -0.2) is 70.5 Å². The molecule has 1 amide bonds. The third kappa shape index (κ3) is 4.56. The molecule has 4 heterocycles. The molecule has 7 heteroatoms. The van der Waals surface area contributed by atoms with Crippen molar-refractivity contribution in [3.05, 3.63) is 35.2 Å². The fourth-order valence-corrected chi connectivity index (χ4v) is 5.57. The number of aryl methyl sites for hydroxylation is 1. The van der Waals surface area contributed by atoms with E-state index in [0.29, 0.717) is 36.5 Å². The molecule has 0 aromatic carbocycles. The van der Waals surface area contributed by atoms with E-state index in [2.05, 4.69) is 30.1 Å². The molecule has 0 radical (unpaired) electrons. The molecule has 2 aromatic rings. The predicted octanol–water partition coefficient (Wildman–Crippen LogP) is 2.75. The van der Waals surface area contributed by atoms with E-state index in [-0.39, 0.29) is 5.91 Å². The summed E-state index contributed by atoms with van der Waals surface area (Å²) in [6.45, 7) is 9.18. The van der Waals surface area contributed by atoms with Gasteiger partial charge in [0.2, 0.25) is 0 Å². The minimum Gasteiger partial charge on any atom is -0.388 e. The summed E-state index contributed by atoms with van der Waals surface area (Å²) < 4.78 is 7.32. The van der Waals surface area contributed by atoms with Crippen LogP contribution in [0.3, 0.4) is 0 Å². The van der Waals surface area contributed by atoms with Gasteiger partial charge in [-0.05, 0) is 62.6 Å². The number of hydrogen-bond acceptors (Lipinski definition) is 5. The molecule has 2 N–H and O–H groups in total. The molecule has 0 bridgehead atoms. The van der Waals surface area contributed by atoms with Crippen molar-refractivity contribution < 1.29 is 14.6 Å². The highest BCUT2D eigenvalue weighted by molar-refractivity contribution is 5.94. The summed E-state index contributed by atoms with van der Waals surface area (Å²) in [4.78, 5) is 14.9. The van der Waals surface area contributed by atoms with Crippen LogP contribution in [0.4, 0.5) is 0 Å². The molecule has 1 saturated carbocycles. The van der Waals surface area contributed by atoms with Crippen LogP contribution in [-0.2, 0) is 4.74 Å². The number of carbonyl (C=O) groups is 1. The number of rotatable bonds is 6. The van der Waals surface area contributed by atoms with Crippen LogP contribution in [0.25, 0.3) is 5.52 Å². The first-order valence-electron chi connectivity index (χ1n) is 12.2. The Morgan fingerprint density at radius 3 is 2.78 bits per heavy atom. The number of ether oxygens (including phenoxy) is 1. The lowest BCUT2D eigenvalue weighted by molar-refractivity contribution is -0.0843. The highest BCUT2D eigenvalue weighted by Crippen LogP contribution is 2.38. The van der Waals surface area contributed by atoms with Crippen molar-refractivity contribution in [1.82, 2.24) is 19.8 Å². The highest BCUT2D eigenvalue weighted by atomic mass is 16.5. The standard InChI is InChI=1S/C25H36N4O3/c1-17-14-28(16-25(31)8-11-32-12-9-25)10-7-21(17)23-18(2)27-29-15-20(5-6-22(23)29)24(30)26-13-19-3-4-19/h5-6,15,17,19,21,31H,3-4,7-14,16H2,1-2H3,(H,26,30)/t17-,21-/m0/s1. The van der Waals surface area contributed by atoms with E-state index >= 15 is 0 Å². The molecule has 3 aliphatic rings. The Labute approximate surface area is 190 Å². The van der Waals surface area contributed by atoms with Crippen LogP contribution in [0.2, 0.25) is 0 Å². The fraction of sp³-hybridized carbons (Fsp3) is 0.680. The second kappa shape index (κ2) is 8.76. The quantitative estimate of drug-likeness (QED) is 0.722. The molecular formula is C25H36N4O3. The molecule has 174 valence electrons. The zero-order chi connectivity index (χ0) is 22.3. The first-order valence-corrected chi connectivity index (χ1v) is 12.2. The number of nitrogens with zero attached hydrogens (tertiary/aromatic N) is 3. The van der Waals surface area contributed by atoms with Crippen LogP contribution < -0.4 is 5.32 Å². The topological polar surface area (TPSA) is 79.1 Å². The Bertz CT molecular complexity index is 977. The molecule has 5 rings (SSSR count). The van der Waals surface area contributed by atoms with Crippen molar-refractivity contribution in [2.45, 2.75) is 57.5 Å². The van der Waals surface area contributed by atoms with E-state index in [1.165, 1.54) is 18.4 Å². The molecule has 2 aromatic heterocycles. The number of nitrogens with one attached hydrogen (secondary N) is 1. The number of likely N-dealkylation sites (tertiary alicyclic amines) is 1. The average Bonchev–Trinajstić information content (AvgIpc) is 3.54. The summed E-state index contributed by atoms with van der Waals surface area (Å²) in [5, 5.41) is 18.7. The number of hydrogen-bond donors (Lipinski definition) is 2. The lowest BCUT2D eigenvalue weighted by Gasteiger charge is -2.42. The summed E-state index contributed by atoms with van der Waals surface area (Å²) in [6, 6.07) is 3.99. The number of aromatic nitrogens is 2. The van der Waals surface area contributed by atoms with Crippen LogP contribution in [0.15, 0.2) is 18.3 Å². The summed E-state index contributed by atoms with van der Waals surface area (Å²) in [5.41, 5.74) is 3.52. The van der Waals surface area contributed by atoms with Gasteiger partial charge >= 0.3 is 0 Å². The minimum atomic E-state index is -0.610. The summed E-state index contributed by atoms with van der Waals surface area (Å²) >= 11 is 0. The van der Waals surface area contributed by atoms with Crippen LogP contribution >= 0.6 is 0 Å². The molecular weight excluding hydrogens is 404 g/mol. The molecule has 32 heavy (non-hydrogen) atoms. The molecule has 2 atom stereocenters. The van der Waals surface area contributed by atoms with Crippen LogP contribution in [0.1, 0.15) is 66.6 Å². The lowest BCUT2D eigenvalue weighted by atomic mass is 9.80. The van der Waals surface area contributed by atoms with Gasteiger partial charge in [0.15, 0.2) is 0 Å². The average molecular weight is 441 g/mol. The first-order chi connectivity index (χ1) is 15.4. The molecule has 3 fully saturated rings. The molecule has 0 spiro atoms. The SMILES string of the molecule is Cc1nn2cc(C(=O)NCC3CC3)ccc2c1[C@H]1CCN(CC2(O)CCOCC2)C[C@@H]1C. The second-order valence-corrected chi connectivity index (χ2v) is 10.3. The van der Waals surface area contributed by atoms with Gasteiger partial charge < -0.3 is 20.1 Å². The number of amides is 1. The highest BCUT2D eigenvalue weighted by Gasteiger charge is 2.36. The third-order valence-electron chi connectivity index (χ3n) is 7.66. The Hall–Kier alpha value is -1.96. The lowest BCUT2D eigenvalue weighted by Crippen LogP contribution is -2.50. The van der Waals surface area contributed by atoms with Gasteiger partial charge in [-0.3, -0.25) is 4.79 Å². The van der Waals surface area contributed by atoms with Gasteiger partial charge in [0.25, 0.3) is 5.91 Å². The van der Waals surface area contributed by atoms with Crippen molar-refractivity contribution in [1.29, 1.82) is 0 Å². The smallest absolute Gasteiger partial charge is 0.252 e. The Balaban J connectivity index is 1.28. The number of aliphatic hydroxyl groups is 1. The number of β-amino-alcohol motifs (C(OH)–C–C–N with tert-alkyl or cyclic N) is 1. The van der Waals surface area contributed by atoms with E-state index in [1.807, 2.05) is 16.8 Å². The molecule has 7 nitrogen and oxygen atoms in total. The molecule has 2 aliphatic heterocycles. The van der Waals surface area contributed by atoms with E-state index in [4.69, 9.17) is 9.84 Å². The van der Waals surface area contributed by atoms with Gasteiger partial charge in [-0.2, -0.15) is 5.10 Å².